The zero-order chi connectivity index (χ0) is 13.1. The van der Waals surface area contributed by atoms with Crippen LogP contribution in [0.3, 0.4) is 0 Å². The van der Waals surface area contributed by atoms with Crippen LogP contribution in [0, 0.1) is 11.8 Å². The van der Waals surface area contributed by atoms with E-state index in [0.717, 1.165) is 30.6 Å². The lowest BCUT2D eigenvalue weighted by Gasteiger charge is -2.19. The van der Waals surface area contributed by atoms with Gasteiger partial charge in [-0.3, -0.25) is 0 Å². The molecule has 0 bridgehead atoms. The molecule has 1 aliphatic carbocycles. The van der Waals surface area contributed by atoms with E-state index in [-0.39, 0.29) is 0 Å². The van der Waals surface area contributed by atoms with Crippen molar-refractivity contribution in [2.24, 2.45) is 11.8 Å². The number of hydrogen-bond acceptors (Lipinski definition) is 4. The molecule has 1 fully saturated rings. The summed E-state index contributed by atoms with van der Waals surface area (Å²) in [6, 6.07) is 3.83. The fourth-order valence-electron chi connectivity index (χ4n) is 2.07. The summed E-state index contributed by atoms with van der Waals surface area (Å²) >= 11 is 0. The van der Waals surface area contributed by atoms with Crippen LogP contribution in [0.5, 0.6) is 5.88 Å². The van der Waals surface area contributed by atoms with E-state index in [1.807, 2.05) is 12.1 Å². The Labute approximate surface area is 109 Å². The summed E-state index contributed by atoms with van der Waals surface area (Å²) in [5, 5.41) is 0. The van der Waals surface area contributed by atoms with Crippen LogP contribution in [0.15, 0.2) is 12.1 Å². The maximum absolute atomic E-state index is 5.86. The Morgan fingerprint density at radius 2 is 2.22 bits per heavy atom. The highest BCUT2D eigenvalue weighted by Crippen LogP contribution is 2.38. The SMILES string of the molecule is CCCOc1nc(N(C)CC2CC2C)ccc1N. The second-order valence-corrected chi connectivity index (χ2v) is 5.27. The van der Waals surface area contributed by atoms with Gasteiger partial charge in [0, 0.05) is 13.6 Å². The molecule has 2 atom stereocenters. The summed E-state index contributed by atoms with van der Waals surface area (Å²) in [5.74, 6) is 3.17. The first-order chi connectivity index (χ1) is 8.61. The van der Waals surface area contributed by atoms with Gasteiger partial charge in [-0.1, -0.05) is 13.8 Å². The van der Waals surface area contributed by atoms with E-state index in [2.05, 4.69) is 30.8 Å². The van der Waals surface area contributed by atoms with Gasteiger partial charge in [0.15, 0.2) is 0 Å². The average Bonchev–Trinajstić information content (AvgIpc) is 3.03. The molecule has 4 heteroatoms. The lowest BCUT2D eigenvalue weighted by atomic mass is 10.3. The number of nitrogens with two attached hydrogens (primary N) is 1. The van der Waals surface area contributed by atoms with Gasteiger partial charge < -0.3 is 15.4 Å². The van der Waals surface area contributed by atoms with E-state index >= 15 is 0 Å². The molecule has 1 aromatic rings. The van der Waals surface area contributed by atoms with Crippen LogP contribution < -0.4 is 15.4 Å². The highest BCUT2D eigenvalue weighted by Gasteiger charge is 2.33. The molecule has 2 rings (SSSR count). The normalized spacial score (nSPS) is 21.7. The molecule has 0 aromatic carbocycles. The molecule has 4 nitrogen and oxygen atoms in total. The maximum Gasteiger partial charge on any atom is 0.239 e. The van der Waals surface area contributed by atoms with E-state index in [4.69, 9.17) is 10.5 Å². The Hall–Kier alpha value is -1.45. The Morgan fingerprint density at radius 1 is 1.50 bits per heavy atom. The largest absolute Gasteiger partial charge is 0.476 e. The van der Waals surface area contributed by atoms with E-state index in [1.54, 1.807) is 0 Å². The van der Waals surface area contributed by atoms with Gasteiger partial charge in [-0.2, -0.15) is 4.98 Å². The van der Waals surface area contributed by atoms with Gasteiger partial charge in [0.2, 0.25) is 5.88 Å². The van der Waals surface area contributed by atoms with Crippen LogP contribution in [0.2, 0.25) is 0 Å². The summed E-state index contributed by atoms with van der Waals surface area (Å²) in [6.45, 7) is 6.08. The highest BCUT2D eigenvalue weighted by atomic mass is 16.5. The smallest absolute Gasteiger partial charge is 0.239 e. The molecule has 18 heavy (non-hydrogen) atoms. The first-order valence-corrected chi connectivity index (χ1v) is 6.72. The van der Waals surface area contributed by atoms with Gasteiger partial charge in [0.1, 0.15) is 5.82 Å². The fourth-order valence-corrected chi connectivity index (χ4v) is 2.07. The minimum Gasteiger partial charge on any atom is -0.476 e. The number of nitrogen functional groups attached to an aromatic ring is 1. The van der Waals surface area contributed by atoms with E-state index in [9.17, 15) is 0 Å². The predicted octanol–water partition coefficient (Wildman–Crippen LogP) is 2.54. The first-order valence-electron chi connectivity index (χ1n) is 6.72. The lowest BCUT2D eigenvalue weighted by Crippen LogP contribution is -2.22. The van der Waals surface area contributed by atoms with Gasteiger partial charge in [-0.15, -0.1) is 0 Å². The second-order valence-electron chi connectivity index (χ2n) is 5.27. The molecular formula is C14H23N3O. The van der Waals surface area contributed by atoms with Crippen molar-refractivity contribution in [3.63, 3.8) is 0 Å². The lowest BCUT2D eigenvalue weighted by molar-refractivity contribution is 0.307. The standard InChI is InChI=1S/C14H23N3O/c1-4-7-18-14-12(15)5-6-13(16-14)17(3)9-11-8-10(11)2/h5-6,10-11H,4,7-9,15H2,1-3H3. The van der Waals surface area contributed by atoms with Crippen LogP contribution in [0.25, 0.3) is 0 Å². The number of ether oxygens (including phenoxy) is 1. The topological polar surface area (TPSA) is 51.4 Å². The van der Waals surface area contributed by atoms with Gasteiger partial charge >= 0.3 is 0 Å². The molecule has 1 heterocycles. The third-order valence-corrected chi connectivity index (χ3v) is 3.49. The number of nitrogens with zero attached hydrogens (tertiary/aromatic N) is 2. The molecule has 0 amide bonds. The summed E-state index contributed by atoms with van der Waals surface area (Å²) in [4.78, 5) is 6.68. The Kier molecular flexibility index (Phi) is 3.94. The third kappa shape index (κ3) is 3.06. The van der Waals surface area contributed by atoms with Crippen LogP contribution in [-0.4, -0.2) is 25.2 Å². The molecule has 100 valence electrons. The molecule has 0 spiro atoms. The monoisotopic (exact) mass is 249 g/mol. The number of hydrogen-bond donors (Lipinski definition) is 1. The first kappa shape index (κ1) is 13.0. The predicted molar refractivity (Wildman–Crippen MR) is 75.0 cm³/mol. The molecule has 2 unspecified atom stereocenters. The van der Waals surface area contributed by atoms with E-state index < -0.39 is 0 Å². The third-order valence-electron chi connectivity index (χ3n) is 3.49. The van der Waals surface area contributed by atoms with Crippen LogP contribution in [-0.2, 0) is 0 Å². The molecule has 2 N–H and O–H groups in total. The Balaban J connectivity index is 2.02. The molecule has 0 radical (unpaired) electrons. The van der Waals surface area contributed by atoms with Crippen molar-refractivity contribution in [3.8, 4) is 5.88 Å². The van der Waals surface area contributed by atoms with Crippen molar-refractivity contribution in [1.29, 1.82) is 0 Å². The minimum absolute atomic E-state index is 0.560. The summed E-state index contributed by atoms with van der Waals surface area (Å²) in [5.41, 5.74) is 6.47. The maximum atomic E-state index is 5.86. The number of aromatic nitrogens is 1. The minimum atomic E-state index is 0.560. The van der Waals surface area contributed by atoms with Gasteiger partial charge in [0.25, 0.3) is 0 Å². The quantitative estimate of drug-likeness (QED) is 0.841. The average molecular weight is 249 g/mol. The van der Waals surface area contributed by atoms with Crippen molar-refractivity contribution in [2.45, 2.75) is 26.7 Å². The van der Waals surface area contributed by atoms with Crippen LogP contribution >= 0.6 is 0 Å². The molecule has 1 aromatic heterocycles. The zero-order valence-corrected chi connectivity index (χ0v) is 11.5. The number of anilines is 2. The summed E-state index contributed by atoms with van der Waals surface area (Å²) < 4.78 is 5.56. The van der Waals surface area contributed by atoms with Crippen molar-refractivity contribution in [1.82, 2.24) is 4.98 Å². The molecular weight excluding hydrogens is 226 g/mol. The van der Waals surface area contributed by atoms with Gasteiger partial charge in [-0.25, -0.2) is 0 Å². The summed E-state index contributed by atoms with van der Waals surface area (Å²) in [7, 11) is 2.08. The Morgan fingerprint density at radius 3 is 2.83 bits per heavy atom. The van der Waals surface area contributed by atoms with E-state index in [1.165, 1.54) is 6.42 Å². The zero-order valence-electron chi connectivity index (χ0n) is 11.5. The van der Waals surface area contributed by atoms with Crippen molar-refractivity contribution in [2.75, 3.05) is 30.8 Å². The van der Waals surface area contributed by atoms with Crippen LogP contribution in [0.1, 0.15) is 26.7 Å². The fraction of sp³-hybridized carbons (Fsp3) is 0.643. The van der Waals surface area contributed by atoms with E-state index in [0.29, 0.717) is 18.2 Å². The number of pyridine rings is 1. The Bertz CT molecular complexity index is 408. The highest BCUT2D eigenvalue weighted by molar-refractivity contribution is 5.54. The second kappa shape index (κ2) is 5.46. The summed E-state index contributed by atoms with van der Waals surface area (Å²) in [6.07, 6.45) is 2.29. The van der Waals surface area contributed by atoms with Gasteiger partial charge in [-0.05, 0) is 36.8 Å². The van der Waals surface area contributed by atoms with Gasteiger partial charge in [0.05, 0.1) is 12.3 Å². The van der Waals surface area contributed by atoms with Crippen molar-refractivity contribution in [3.05, 3.63) is 12.1 Å². The molecule has 1 saturated carbocycles. The van der Waals surface area contributed by atoms with Crippen molar-refractivity contribution >= 4 is 11.5 Å². The number of rotatable bonds is 6. The molecule has 1 aliphatic rings. The van der Waals surface area contributed by atoms with Crippen molar-refractivity contribution < 1.29 is 4.74 Å². The van der Waals surface area contributed by atoms with Crippen LogP contribution in [0.4, 0.5) is 11.5 Å². The molecule has 0 saturated heterocycles. The molecule has 0 aliphatic heterocycles.